The molecule has 134 valence electrons. The molecule has 1 atom stereocenters. The lowest BCUT2D eigenvalue weighted by atomic mass is 9.97. The molecule has 0 aromatic carbocycles. The largest absolute Gasteiger partial charge is 0.370 e. The Balaban J connectivity index is 1.84. The Morgan fingerprint density at radius 1 is 1.38 bits per heavy atom. The van der Waals surface area contributed by atoms with Crippen molar-refractivity contribution in [3.8, 4) is 0 Å². The molecule has 0 spiro atoms. The van der Waals surface area contributed by atoms with Crippen molar-refractivity contribution in [2.24, 2.45) is 18.9 Å². The number of amides is 1. The lowest BCUT2D eigenvalue weighted by molar-refractivity contribution is -0.125. The van der Waals surface area contributed by atoms with E-state index in [2.05, 4.69) is 29.2 Å². The van der Waals surface area contributed by atoms with Gasteiger partial charge in [-0.15, -0.1) is 0 Å². The summed E-state index contributed by atoms with van der Waals surface area (Å²) in [5.41, 5.74) is 0.785. The van der Waals surface area contributed by atoms with Crippen LogP contribution in [0.5, 0.6) is 0 Å². The molecule has 6 heteroatoms. The fourth-order valence-corrected chi connectivity index (χ4v) is 3.36. The smallest absolute Gasteiger partial charge is 0.268 e. The Kier molecular flexibility index (Phi) is 6.82. The van der Waals surface area contributed by atoms with Crippen molar-refractivity contribution in [3.05, 3.63) is 22.6 Å². The Morgan fingerprint density at radius 3 is 2.71 bits per heavy atom. The van der Waals surface area contributed by atoms with Gasteiger partial charge in [0.2, 0.25) is 5.91 Å². The standard InChI is InChI=1S/C18H30N4O2/c1-4-6-15(7-5-2)18(24)19-11-14-8-9-22(13-14)16-10-17(23)21(3)20-12-16/h10,12,14-15H,4-9,11,13H2,1-3H3,(H,19,24)/t14-/m0/s1. The van der Waals surface area contributed by atoms with Crippen LogP contribution < -0.4 is 15.8 Å². The maximum Gasteiger partial charge on any atom is 0.268 e. The zero-order valence-corrected chi connectivity index (χ0v) is 15.1. The van der Waals surface area contributed by atoms with Crippen LogP contribution in [0.4, 0.5) is 5.69 Å². The minimum atomic E-state index is -0.0915. The fourth-order valence-electron chi connectivity index (χ4n) is 3.36. The summed E-state index contributed by atoms with van der Waals surface area (Å²) < 4.78 is 1.33. The fraction of sp³-hybridized carbons (Fsp3) is 0.722. The lowest BCUT2D eigenvalue weighted by Gasteiger charge is -2.19. The molecular formula is C18H30N4O2. The molecule has 0 saturated carbocycles. The van der Waals surface area contributed by atoms with Gasteiger partial charge in [-0.2, -0.15) is 5.10 Å². The molecule has 24 heavy (non-hydrogen) atoms. The van der Waals surface area contributed by atoms with Gasteiger partial charge in [0.25, 0.3) is 5.56 Å². The number of rotatable bonds is 8. The molecule has 1 amide bonds. The van der Waals surface area contributed by atoms with Gasteiger partial charge in [-0.1, -0.05) is 26.7 Å². The highest BCUT2D eigenvalue weighted by Gasteiger charge is 2.25. The summed E-state index contributed by atoms with van der Waals surface area (Å²) in [6.07, 6.45) is 6.80. The maximum absolute atomic E-state index is 12.3. The van der Waals surface area contributed by atoms with Gasteiger partial charge in [0.1, 0.15) is 0 Å². The van der Waals surface area contributed by atoms with E-state index in [1.807, 2.05) is 0 Å². The van der Waals surface area contributed by atoms with Crippen LogP contribution in [0, 0.1) is 11.8 Å². The number of carbonyl (C=O) groups is 1. The quantitative estimate of drug-likeness (QED) is 0.789. The summed E-state index contributed by atoms with van der Waals surface area (Å²) in [5, 5.41) is 7.22. The maximum atomic E-state index is 12.3. The Labute approximate surface area is 144 Å². The van der Waals surface area contributed by atoms with E-state index < -0.39 is 0 Å². The molecule has 6 nitrogen and oxygen atoms in total. The van der Waals surface area contributed by atoms with Crippen molar-refractivity contribution in [1.29, 1.82) is 0 Å². The summed E-state index contributed by atoms with van der Waals surface area (Å²) in [7, 11) is 1.65. The number of nitrogens with one attached hydrogen (secondary N) is 1. The Hall–Kier alpha value is -1.85. The van der Waals surface area contributed by atoms with E-state index in [1.165, 1.54) is 4.68 Å². The molecule has 1 aromatic heterocycles. The van der Waals surface area contributed by atoms with Crippen LogP contribution in [0.15, 0.2) is 17.1 Å². The first-order valence-electron chi connectivity index (χ1n) is 9.11. The average molecular weight is 334 g/mol. The number of hydrogen-bond donors (Lipinski definition) is 1. The van der Waals surface area contributed by atoms with Crippen LogP contribution in [0.1, 0.15) is 46.0 Å². The highest BCUT2D eigenvalue weighted by Crippen LogP contribution is 2.22. The van der Waals surface area contributed by atoms with Gasteiger partial charge >= 0.3 is 0 Å². The van der Waals surface area contributed by atoms with Gasteiger partial charge in [-0.25, -0.2) is 4.68 Å². The Morgan fingerprint density at radius 2 is 2.08 bits per heavy atom. The number of aryl methyl sites for hydroxylation is 1. The minimum absolute atomic E-state index is 0.0915. The van der Waals surface area contributed by atoms with E-state index in [4.69, 9.17) is 0 Å². The Bertz CT molecular complexity index is 593. The van der Waals surface area contributed by atoms with Crippen molar-refractivity contribution in [1.82, 2.24) is 15.1 Å². The third kappa shape index (κ3) is 4.82. The second-order valence-corrected chi connectivity index (χ2v) is 6.80. The number of aromatic nitrogens is 2. The zero-order chi connectivity index (χ0) is 17.5. The van der Waals surface area contributed by atoms with E-state index in [0.717, 1.165) is 57.4 Å². The van der Waals surface area contributed by atoms with Crippen LogP contribution in [0.2, 0.25) is 0 Å². The minimum Gasteiger partial charge on any atom is -0.370 e. The summed E-state index contributed by atoms with van der Waals surface area (Å²) in [6.45, 7) is 6.74. The number of carbonyl (C=O) groups excluding carboxylic acids is 1. The molecule has 1 saturated heterocycles. The van der Waals surface area contributed by atoms with Crippen molar-refractivity contribution in [3.63, 3.8) is 0 Å². The van der Waals surface area contributed by atoms with Crippen LogP contribution in [0.25, 0.3) is 0 Å². The first-order valence-corrected chi connectivity index (χ1v) is 9.11. The van der Waals surface area contributed by atoms with E-state index in [1.54, 1.807) is 19.3 Å². The first kappa shape index (κ1) is 18.5. The summed E-state index contributed by atoms with van der Waals surface area (Å²) in [4.78, 5) is 26.2. The van der Waals surface area contributed by atoms with Gasteiger partial charge < -0.3 is 10.2 Å². The molecule has 1 fully saturated rings. The highest BCUT2D eigenvalue weighted by molar-refractivity contribution is 5.78. The summed E-state index contributed by atoms with van der Waals surface area (Å²) in [6, 6.07) is 1.63. The van der Waals surface area contributed by atoms with Gasteiger partial charge in [0, 0.05) is 38.7 Å². The van der Waals surface area contributed by atoms with Crippen molar-refractivity contribution < 1.29 is 4.79 Å². The van der Waals surface area contributed by atoms with E-state index in [9.17, 15) is 9.59 Å². The molecule has 1 N–H and O–H groups in total. The van der Waals surface area contributed by atoms with E-state index in [-0.39, 0.29) is 17.4 Å². The lowest BCUT2D eigenvalue weighted by Crippen LogP contribution is -2.35. The van der Waals surface area contributed by atoms with Gasteiger partial charge in [0.05, 0.1) is 11.9 Å². The number of nitrogens with zero attached hydrogens (tertiary/aromatic N) is 3. The summed E-state index contributed by atoms with van der Waals surface area (Å²) >= 11 is 0. The second kappa shape index (κ2) is 8.85. The van der Waals surface area contributed by atoms with Gasteiger partial charge in [0.15, 0.2) is 0 Å². The molecule has 0 unspecified atom stereocenters. The molecule has 0 radical (unpaired) electrons. The van der Waals surface area contributed by atoms with Crippen LogP contribution in [-0.4, -0.2) is 35.3 Å². The molecule has 1 aromatic rings. The van der Waals surface area contributed by atoms with Crippen molar-refractivity contribution in [2.75, 3.05) is 24.5 Å². The van der Waals surface area contributed by atoms with Crippen LogP contribution in [-0.2, 0) is 11.8 Å². The van der Waals surface area contributed by atoms with Gasteiger partial charge in [-0.05, 0) is 25.2 Å². The molecule has 1 aliphatic rings. The molecular weight excluding hydrogens is 304 g/mol. The normalized spacial score (nSPS) is 17.5. The average Bonchev–Trinajstić information content (AvgIpc) is 3.04. The third-order valence-corrected chi connectivity index (χ3v) is 4.81. The highest BCUT2D eigenvalue weighted by atomic mass is 16.2. The molecule has 1 aliphatic heterocycles. The number of hydrogen-bond acceptors (Lipinski definition) is 4. The van der Waals surface area contributed by atoms with Crippen LogP contribution in [0.3, 0.4) is 0 Å². The molecule has 0 aliphatic carbocycles. The van der Waals surface area contributed by atoms with E-state index >= 15 is 0 Å². The first-order chi connectivity index (χ1) is 11.5. The zero-order valence-electron chi connectivity index (χ0n) is 15.1. The third-order valence-electron chi connectivity index (χ3n) is 4.81. The van der Waals surface area contributed by atoms with E-state index in [0.29, 0.717) is 5.92 Å². The molecule has 0 bridgehead atoms. The number of anilines is 1. The monoisotopic (exact) mass is 334 g/mol. The summed E-state index contributed by atoms with van der Waals surface area (Å²) in [5.74, 6) is 0.785. The predicted octanol–water partition coefficient (Wildman–Crippen LogP) is 1.94. The van der Waals surface area contributed by atoms with Gasteiger partial charge in [-0.3, -0.25) is 9.59 Å². The SMILES string of the molecule is CCCC(CCC)C(=O)NC[C@@H]1CCN(c2cnn(C)c(=O)c2)C1. The van der Waals surface area contributed by atoms with Crippen molar-refractivity contribution in [2.45, 2.75) is 46.0 Å². The second-order valence-electron chi connectivity index (χ2n) is 6.80. The predicted molar refractivity (Wildman–Crippen MR) is 96.1 cm³/mol. The topological polar surface area (TPSA) is 67.2 Å². The van der Waals surface area contributed by atoms with Crippen LogP contribution >= 0.6 is 0 Å². The van der Waals surface area contributed by atoms with Crippen molar-refractivity contribution >= 4 is 11.6 Å². The molecule has 2 rings (SSSR count). The molecule has 2 heterocycles.